The highest BCUT2D eigenvalue weighted by molar-refractivity contribution is 6.38. The van der Waals surface area contributed by atoms with Gasteiger partial charge in [0.05, 0.1) is 33.0 Å². The number of ether oxygens (including phenoxy) is 2. The maximum atomic E-state index is 13.6. The Balaban J connectivity index is 0.981. The van der Waals surface area contributed by atoms with Gasteiger partial charge in [-0.25, -0.2) is 5.84 Å². The summed E-state index contributed by atoms with van der Waals surface area (Å²) in [7, 11) is 3.00. The zero-order valence-corrected chi connectivity index (χ0v) is 31.3. The van der Waals surface area contributed by atoms with E-state index in [1.807, 2.05) is 48.5 Å². The third kappa shape index (κ3) is 8.76. The number of methoxy groups -OCH3 is 2. The summed E-state index contributed by atoms with van der Waals surface area (Å²) < 4.78 is 10.5. The van der Waals surface area contributed by atoms with Gasteiger partial charge in [-0.2, -0.15) is 0 Å². The predicted octanol–water partition coefficient (Wildman–Crippen LogP) is 0.676. The summed E-state index contributed by atoms with van der Waals surface area (Å²) in [5, 5.41) is 9.21. The Morgan fingerprint density at radius 2 is 1.73 bits per heavy atom. The number of likely N-dealkylation sites (tertiary alicyclic amines) is 1. The van der Waals surface area contributed by atoms with Crippen molar-refractivity contribution in [1.82, 2.24) is 30.8 Å². The SMILES string of the molecule is COc1ccc(CNC(=O)C(=O)C2CCCN2C(=O)CNC(=O)C2CC(C(=O)N3Cc4cccc(CN(N)/C=C(\N)c5ccccc5)c4C3)C(=O)N2)cc1OC. The first-order valence-corrected chi connectivity index (χ1v) is 18.3. The molecule has 2 saturated heterocycles. The molecular weight excluding hydrogens is 720 g/mol. The first kappa shape index (κ1) is 39.3. The number of ketones is 1. The van der Waals surface area contributed by atoms with Gasteiger partial charge in [-0.05, 0) is 59.2 Å². The third-order valence-corrected chi connectivity index (χ3v) is 10.3. The van der Waals surface area contributed by atoms with Crippen LogP contribution in [0.2, 0.25) is 0 Å². The maximum Gasteiger partial charge on any atom is 0.289 e. The van der Waals surface area contributed by atoms with Crippen LogP contribution in [0.5, 0.6) is 11.5 Å². The minimum Gasteiger partial charge on any atom is -0.493 e. The molecule has 16 heteroatoms. The van der Waals surface area contributed by atoms with E-state index in [4.69, 9.17) is 21.1 Å². The van der Waals surface area contributed by atoms with Crippen LogP contribution in [-0.2, 0) is 54.9 Å². The maximum absolute atomic E-state index is 13.6. The molecule has 3 aromatic carbocycles. The molecule has 16 nitrogen and oxygen atoms in total. The van der Waals surface area contributed by atoms with Gasteiger partial charge < -0.3 is 46.0 Å². The molecule has 294 valence electrons. The zero-order chi connectivity index (χ0) is 39.9. The van der Waals surface area contributed by atoms with Crippen molar-refractivity contribution >= 4 is 41.0 Å². The van der Waals surface area contributed by atoms with Gasteiger partial charge >= 0.3 is 0 Å². The van der Waals surface area contributed by atoms with Crippen LogP contribution in [0.25, 0.3) is 5.70 Å². The Labute approximate surface area is 324 Å². The molecule has 0 spiro atoms. The van der Waals surface area contributed by atoms with Crippen molar-refractivity contribution in [1.29, 1.82) is 0 Å². The van der Waals surface area contributed by atoms with E-state index >= 15 is 0 Å². The number of nitrogens with two attached hydrogens (primary N) is 2. The fraction of sp³-hybridized carbons (Fsp3) is 0.350. The number of carbonyl (C=O) groups is 6. The summed E-state index contributed by atoms with van der Waals surface area (Å²) in [6, 6.07) is 18.3. The van der Waals surface area contributed by atoms with Gasteiger partial charge in [-0.15, -0.1) is 0 Å². The molecule has 3 aliphatic heterocycles. The highest BCUT2D eigenvalue weighted by Gasteiger charge is 2.44. The minimum absolute atomic E-state index is 0.0559. The number of hydrogen-bond acceptors (Lipinski definition) is 11. The van der Waals surface area contributed by atoms with Gasteiger partial charge in [0.1, 0.15) is 18.0 Å². The second kappa shape index (κ2) is 17.4. The quantitative estimate of drug-likeness (QED) is 0.0665. The number of rotatable bonds is 14. The van der Waals surface area contributed by atoms with E-state index < -0.39 is 59.9 Å². The first-order chi connectivity index (χ1) is 27.0. The molecule has 0 bridgehead atoms. The third-order valence-electron chi connectivity index (χ3n) is 10.3. The summed E-state index contributed by atoms with van der Waals surface area (Å²) >= 11 is 0. The molecule has 0 aliphatic carbocycles. The van der Waals surface area contributed by atoms with E-state index in [0.29, 0.717) is 48.7 Å². The molecule has 0 saturated carbocycles. The topological polar surface area (TPSA) is 219 Å². The monoisotopic (exact) mass is 766 g/mol. The molecular formula is C40H46N8O8. The lowest BCUT2D eigenvalue weighted by Gasteiger charge is -2.24. The highest BCUT2D eigenvalue weighted by Crippen LogP contribution is 2.31. The van der Waals surface area contributed by atoms with E-state index in [0.717, 1.165) is 22.3 Å². The number of amides is 5. The lowest BCUT2D eigenvalue weighted by atomic mass is 10.0. The van der Waals surface area contributed by atoms with E-state index in [-0.39, 0.29) is 26.1 Å². The van der Waals surface area contributed by atoms with Crippen LogP contribution >= 0.6 is 0 Å². The van der Waals surface area contributed by atoms with E-state index in [1.165, 1.54) is 24.1 Å². The van der Waals surface area contributed by atoms with Crippen LogP contribution < -0.4 is 37.0 Å². The first-order valence-electron chi connectivity index (χ1n) is 18.3. The Bertz CT molecular complexity index is 2040. The van der Waals surface area contributed by atoms with Gasteiger partial charge in [0.2, 0.25) is 29.4 Å². The summed E-state index contributed by atoms with van der Waals surface area (Å²) in [6.07, 6.45) is 2.38. The fourth-order valence-electron chi connectivity index (χ4n) is 7.34. The molecule has 2 fully saturated rings. The summed E-state index contributed by atoms with van der Waals surface area (Å²) in [6.45, 7) is 0.759. The average Bonchev–Trinajstić information content (AvgIpc) is 3.98. The second-order valence-electron chi connectivity index (χ2n) is 13.9. The normalized spacial score (nSPS) is 18.9. The van der Waals surface area contributed by atoms with Crippen LogP contribution in [0.1, 0.15) is 47.1 Å². The molecule has 7 N–H and O–H groups in total. The van der Waals surface area contributed by atoms with Crippen molar-refractivity contribution in [3.05, 3.63) is 101 Å². The van der Waals surface area contributed by atoms with Crippen molar-refractivity contribution in [2.75, 3.05) is 27.3 Å². The number of carbonyl (C=O) groups excluding carboxylic acids is 6. The van der Waals surface area contributed by atoms with Crippen molar-refractivity contribution in [3.8, 4) is 11.5 Å². The number of hydrazine groups is 1. The van der Waals surface area contributed by atoms with Crippen LogP contribution in [0.15, 0.2) is 72.9 Å². The smallest absolute Gasteiger partial charge is 0.289 e. The highest BCUT2D eigenvalue weighted by atomic mass is 16.5. The standard InChI is InChI=1S/C40H46N8O8/c1-55-33-14-13-24(16-34(33)56-2)18-43-39(53)36(50)32-12-7-15-48(32)35(49)19-44-38(52)31-17-28(37(51)45-31)40(54)46-20-26-10-6-11-27(29(26)22-46)21-47(42)23-30(41)25-8-4-3-5-9-25/h3-6,8-11,13-14,16,23,28,31-32H,7,12,15,17-22,41-42H2,1-2H3,(H,43,53)(H,44,52)(H,45,51)/b30-23-. The lowest BCUT2D eigenvalue weighted by molar-refractivity contribution is -0.144. The molecule has 3 heterocycles. The molecule has 56 heavy (non-hydrogen) atoms. The molecule has 3 atom stereocenters. The lowest BCUT2D eigenvalue weighted by Crippen LogP contribution is -2.50. The Morgan fingerprint density at radius 1 is 0.964 bits per heavy atom. The Hall–Kier alpha value is -6.42. The number of Topliss-reactive ketones (excluding diaryl/α,β-unsaturated/α-hetero) is 1. The summed E-state index contributed by atoms with van der Waals surface area (Å²) in [5.41, 5.74) is 11.0. The van der Waals surface area contributed by atoms with Crippen molar-refractivity contribution in [3.63, 3.8) is 0 Å². The fourth-order valence-corrected chi connectivity index (χ4v) is 7.34. The van der Waals surface area contributed by atoms with Crippen molar-refractivity contribution in [2.24, 2.45) is 17.5 Å². The van der Waals surface area contributed by atoms with E-state index in [1.54, 1.807) is 29.3 Å². The Kier molecular flexibility index (Phi) is 12.2. The Morgan fingerprint density at radius 3 is 2.48 bits per heavy atom. The molecule has 3 aliphatic rings. The zero-order valence-electron chi connectivity index (χ0n) is 31.3. The van der Waals surface area contributed by atoms with E-state index in [9.17, 15) is 28.8 Å². The largest absolute Gasteiger partial charge is 0.493 e. The van der Waals surface area contributed by atoms with Crippen LogP contribution in [0.3, 0.4) is 0 Å². The van der Waals surface area contributed by atoms with Crippen LogP contribution in [0, 0.1) is 5.92 Å². The minimum atomic E-state index is -1.09. The van der Waals surface area contributed by atoms with Gasteiger partial charge in [-0.1, -0.05) is 54.6 Å². The van der Waals surface area contributed by atoms with Crippen LogP contribution in [0.4, 0.5) is 0 Å². The van der Waals surface area contributed by atoms with Crippen molar-refractivity contribution < 1.29 is 38.2 Å². The number of nitrogens with one attached hydrogen (secondary N) is 3. The number of fused-ring (bicyclic) bond motifs is 1. The molecule has 3 aromatic rings. The van der Waals surface area contributed by atoms with Gasteiger partial charge in [0.25, 0.3) is 5.91 Å². The van der Waals surface area contributed by atoms with Gasteiger partial charge in [-0.3, -0.25) is 28.8 Å². The number of hydrogen-bond donors (Lipinski definition) is 5. The van der Waals surface area contributed by atoms with E-state index in [2.05, 4.69) is 16.0 Å². The predicted molar refractivity (Wildman–Crippen MR) is 203 cm³/mol. The summed E-state index contributed by atoms with van der Waals surface area (Å²) in [4.78, 5) is 81.7. The molecule has 3 unspecified atom stereocenters. The second-order valence-corrected chi connectivity index (χ2v) is 13.9. The van der Waals surface area contributed by atoms with Crippen molar-refractivity contribution in [2.45, 2.75) is 57.5 Å². The average molecular weight is 767 g/mol. The molecule has 5 amide bonds. The van der Waals surface area contributed by atoms with Gasteiger partial charge in [0.15, 0.2) is 11.5 Å². The molecule has 0 radical (unpaired) electrons. The van der Waals surface area contributed by atoms with Gasteiger partial charge in [0, 0.05) is 32.4 Å². The molecule has 6 rings (SSSR count). The number of benzene rings is 3. The number of nitrogens with zero attached hydrogens (tertiary/aromatic N) is 3. The van der Waals surface area contributed by atoms with Crippen LogP contribution in [-0.4, -0.2) is 89.5 Å². The summed E-state index contributed by atoms with van der Waals surface area (Å²) in [5.74, 6) is 2.46. The molecule has 0 aromatic heterocycles.